The number of carbonyl (C=O) groups excluding carboxylic acids is 1. The molecule has 1 unspecified atom stereocenters. The van der Waals surface area contributed by atoms with Crippen LogP contribution in [0.1, 0.15) is 25.7 Å². The summed E-state index contributed by atoms with van der Waals surface area (Å²) >= 11 is 1.81. The van der Waals surface area contributed by atoms with Gasteiger partial charge in [0, 0.05) is 19.4 Å². The van der Waals surface area contributed by atoms with Crippen molar-refractivity contribution in [2.45, 2.75) is 37.8 Å². The lowest BCUT2D eigenvalue weighted by molar-refractivity contribution is -0.132. The Morgan fingerprint density at radius 3 is 2.65 bits per heavy atom. The Morgan fingerprint density at radius 1 is 1.41 bits per heavy atom. The van der Waals surface area contributed by atoms with Crippen molar-refractivity contribution in [1.29, 1.82) is 0 Å². The number of carbonyl (C=O) groups is 1. The van der Waals surface area contributed by atoms with Gasteiger partial charge in [-0.25, -0.2) is 0 Å². The standard InChI is InChI=1S/C12H22N2O2S/c1-16-10-4-2-9(3-5-10)11(13)12(15)14-6-7-17-8-14/h9-11H,2-8,13H2,1H3. The molecular formula is C12H22N2O2S. The van der Waals surface area contributed by atoms with Gasteiger partial charge in [-0.3, -0.25) is 4.79 Å². The Balaban J connectivity index is 1.83. The number of nitrogens with zero attached hydrogens (tertiary/aromatic N) is 1. The van der Waals surface area contributed by atoms with E-state index in [1.807, 2.05) is 16.7 Å². The van der Waals surface area contributed by atoms with E-state index < -0.39 is 0 Å². The topological polar surface area (TPSA) is 55.6 Å². The molecule has 2 N–H and O–H groups in total. The molecular weight excluding hydrogens is 236 g/mol. The van der Waals surface area contributed by atoms with Crippen LogP contribution in [0.25, 0.3) is 0 Å². The third-order valence-corrected chi connectivity index (χ3v) is 4.88. The van der Waals surface area contributed by atoms with Crippen LogP contribution in [0.3, 0.4) is 0 Å². The van der Waals surface area contributed by atoms with Crippen LogP contribution in [0, 0.1) is 5.92 Å². The summed E-state index contributed by atoms with van der Waals surface area (Å²) in [6.07, 6.45) is 4.49. The second-order valence-electron chi connectivity index (χ2n) is 4.94. The minimum Gasteiger partial charge on any atom is -0.381 e. The van der Waals surface area contributed by atoms with Crippen LogP contribution in [0.5, 0.6) is 0 Å². The molecule has 2 aliphatic rings. The Hall–Kier alpha value is -0.260. The minimum atomic E-state index is -0.300. The molecule has 1 aliphatic heterocycles. The van der Waals surface area contributed by atoms with Gasteiger partial charge in [0.2, 0.25) is 5.91 Å². The van der Waals surface area contributed by atoms with Crippen molar-refractivity contribution >= 4 is 17.7 Å². The van der Waals surface area contributed by atoms with Crippen molar-refractivity contribution in [2.24, 2.45) is 11.7 Å². The molecule has 4 nitrogen and oxygen atoms in total. The summed E-state index contributed by atoms with van der Waals surface area (Å²) in [7, 11) is 1.76. The Morgan fingerprint density at radius 2 is 2.12 bits per heavy atom. The summed E-state index contributed by atoms with van der Waals surface area (Å²) in [5.74, 6) is 2.37. The Labute approximate surface area is 107 Å². The molecule has 0 radical (unpaired) electrons. The normalized spacial score (nSPS) is 31.5. The van der Waals surface area contributed by atoms with E-state index in [9.17, 15) is 4.79 Å². The van der Waals surface area contributed by atoms with Crippen LogP contribution in [0.4, 0.5) is 0 Å². The highest BCUT2D eigenvalue weighted by Gasteiger charge is 2.32. The maximum Gasteiger partial charge on any atom is 0.240 e. The number of amides is 1. The van der Waals surface area contributed by atoms with Gasteiger partial charge < -0.3 is 15.4 Å². The molecule has 17 heavy (non-hydrogen) atoms. The van der Waals surface area contributed by atoms with Gasteiger partial charge in [-0.2, -0.15) is 0 Å². The summed E-state index contributed by atoms with van der Waals surface area (Å²) < 4.78 is 5.34. The van der Waals surface area contributed by atoms with Crippen LogP contribution in [-0.4, -0.2) is 48.2 Å². The second kappa shape index (κ2) is 6.07. The van der Waals surface area contributed by atoms with E-state index in [1.165, 1.54) is 0 Å². The van der Waals surface area contributed by atoms with Gasteiger partial charge in [-0.05, 0) is 31.6 Å². The Kier molecular flexibility index (Phi) is 4.70. The van der Waals surface area contributed by atoms with Crippen LogP contribution in [0.15, 0.2) is 0 Å². The van der Waals surface area contributed by atoms with E-state index in [-0.39, 0.29) is 11.9 Å². The zero-order valence-electron chi connectivity index (χ0n) is 10.4. The van der Waals surface area contributed by atoms with Gasteiger partial charge in [0.05, 0.1) is 18.0 Å². The van der Waals surface area contributed by atoms with Gasteiger partial charge >= 0.3 is 0 Å². The number of hydrogen-bond donors (Lipinski definition) is 1. The van der Waals surface area contributed by atoms with Crippen LogP contribution in [-0.2, 0) is 9.53 Å². The first-order valence-corrected chi connectivity index (χ1v) is 7.52. The number of thioether (sulfide) groups is 1. The molecule has 0 spiro atoms. The SMILES string of the molecule is COC1CCC(C(N)C(=O)N2CCSC2)CC1. The molecule has 1 aliphatic carbocycles. The number of hydrogen-bond acceptors (Lipinski definition) is 4. The first-order chi connectivity index (χ1) is 8.22. The smallest absolute Gasteiger partial charge is 0.240 e. The number of rotatable bonds is 3. The lowest BCUT2D eigenvalue weighted by Crippen LogP contribution is -2.48. The van der Waals surface area contributed by atoms with E-state index in [0.29, 0.717) is 12.0 Å². The quantitative estimate of drug-likeness (QED) is 0.822. The van der Waals surface area contributed by atoms with Gasteiger partial charge in [-0.15, -0.1) is 11.8 Å². The summed E-state index contributed by atoms with van der Waals surface area (Å²) in [5.41, 5.74) is 6.12. The molecule has 1 saturated carbocycles. The minimum absolute atomic E-state index is 0.149. The Bertz CT molecular complexity index is 261. The molecule has 1 amide bonds. The summed E-state index contributed by atoms with van der Waals surface area (Å²) in [4.78, 5) is 14.1. The highest BCUT2D eigenvalue weighted by atomic mass is 32.2. The van der Waals surface area contributed by atoms with Crippen LogP contribution < -0.4 is 5.73 Å². The maximum absolute atomic E-state index is 12.2. The summed E-state index contributed by atoms with van der Waals surface area (Å²) in [6, 6.07) is -0.300. The van der Waals surface area contributed by atoms with Crippen molar-refractivity contribution in [2.75, 3.05) is 25.3 Å². The predicted octanol–water partition coefficient (Wildman–Crippen LogP) is 1.05. The van der Waals surface area contributed by atoms with Crippen LogP contribution >= 0.6 is 11.8 Å². The fraction of sp³-hybridized carbons (Fsp3) is 0.917. The molecule has 1 saturated heterocycles. The molecule has 0 aromatic heterocycles. The van der Waals surface area contributed by atoms with Crippen molar-refractivity contribution in [1.82, 2.24) is 4.90 Å². The molecule has 98 valence electrons. The van der Waals surface area contributed by atoms with E-state index in [4.69, 9.17) is 10.5 Å². The molecule has 1 heterocycles. The average Bonchev–Trinajstić information content (AvgIpc) is 2.91. The largest absolute Gasteiger partial charge is 0.381 e. The molecule has 0 aromatic rings. The average molecular weight is 258 g/mol. The monoisotopic (exact) mass is 258 g/mol. The fourth-order valence-corrected chi connectivity index (χ4v) is 3.64. The van der Waals surface area contributed by atoms with Gasteiger partial charge in [-0.1, -0.05) is 0 Å². The van der Waals surface area contributed by atoms with E-state index in [0.717, 1.165) is 43.9 Å². The molecule has 2 rings (SSSR count). The lowest BCUT2D eigenvalue weighted by atomic mass is 9.82. The number of methoxy groups -OCH3 is 1. The van der Waals surface area contributed by atoms with Crippen molar-refractivity contribution < 1.29 is 9.53 Å². The fourth-order valence-electron chi connectivity index (χ4n) is 2.68. The highest BCUT2D eigenvalue weighted by molar-refractivity contribution is 7.99. The maximum atomic E-state index is 12.2. The predicted molar refractivity (Wildman–Crippen MR) is 69.8 cm³/mol. The van der Waals surface area contributed by atoms with Crippen molar-refractivity contribution in [3.05, 3.63) is 0 Å². The second-order valence-corrected chi connectivity index (χ2v) is 6.01. The number of nitrogens with two attached hydrogens (primary N) is 1. The molecule has 5 heteroatoms. The van der Waals surface area contributed by atoms with Crippen molar-refractivity contribution in [3.63, 3.8) is 0 Å². The third kappa shape index (κ3) is 3.14. The summed E-state index contributed by atoms with van der Waals surface area (Å²) in [6.45, 7) is 0.866. The van der Waals surface area contributed by atoms with Crippen molar-refractivity contribution in [3.8, 4) is 0 Å². The van der Waals surface area contributed by atoms with Gasteiger partial charge in [0.15, 0.2) is 0 Å². The lowest BCUT2D eigenvalue weighted by Gasteiger charge is -2.32. The van der Waals surface area contributed by atoms with E-state index >= 15 is 0 Å². The van der Waals surface area contributed by atoms with Gasteiger partial charge in [0.25, 0.3) is 0 Å². The van der Waals surface area contributed by atoms with Gasteiger partial charge in [0.1, 0.15) is 0 Å². The first-order valence-electron chi connectivity index (χ1n) is 6.37. The van der Waals surface area contributed by atoms with E-state index in [1.54, 1.807) is 7.11 Å². The summed E-state index contributed by atoms with van der Waals surface area (Å²) in [5, 5.41) is 0. The molecule has 0 aromatic carbocycles. The molecule has 1 atom stereocenters. The van der Waals surface area contributed by atoms with E-state index in [2.05, 4.69) is 0 Å². The number of ether oxygens (including phenoxy) is 1. The zero-order chi connectivity index (χ0) is 12.3. The zero-order valence-corrected chi connectivity index (χ0v) is 11.2. The molecule has 0 bridgehead atoms. The molecule has 2 fully saturated rings. The first kappa shape index (κ1) is 13.2. The van der Waals surface area contributed by atoms with Crippen LogP contribution in [0.2, 0.25) is 0 Å². The third-order valence-electron chi connectivity index (χ3n) is 3.91. The highest BCUT2D eigenvalue weighted by Crippen LogP contribution is 2.29.